The van der Waals surface area contributed by atoms with E-state index in [0.717, 1.165) is 43.0 Å². The molecule has 0 saturated heterocycles. The predicted octanol–water partition coefficient (Wildman–Crippen LogP) is 3.56. The molecule has 0 fully saturated rings. The van der Waals surface area contributed by atoms with Crippen LogP contribution in [-0.2, 0) is 6.42 Å². The second kappa shape index (κ2) is 7.73. The van der Waals surface area contributed by atoms with E-state index < -0.39 is 0 Å². The fourth-order valence-electron chi connectivity index (χ4n) is 1.82. The first kappa shape index (κ1) is 15.4. The van der Waals surface area contributed by atoms with Gasteiger partial charge in [-0.25, -0.2) is 0 Å². The van der Waals surface area contributed by atoms with Crippen LogP contribution in [0.4, 0.5) is 0 Å². The second-order valence-electron chi connectivity index (χ2n) is 4.67. The molecule has 2 rings (SSSR count). The Morgan fingerprint density at radius 2 is 2.05 bits per heavy atom. The molecule has 0 spiro atoms. The van der Waals surface area contributed by atoms with Crippen LogP contribution in [0.1, 0.15) is 38.1 Å². The van der Waals surface area contributed by atoms with Crippen LogP contribution in [0.5, 0.6) is 5.75 Å². The molecule has 0 unspecified atom stereocenters. The highest BCUT2D eigenvalue weighted by atomic mass is 32.1. The molecule has 2 aromatic rings. The zero-order valence-electron chi connectivity index (χ0n) is 12.4. The van der Waals surface area contributed by atoms with Gasteiger partial charge in [0.05, 0.1) is 12.8 Å². The van der Waals surface area contributed by atoms with Crippen molar-refractivity contribution in [3.63, 3.8) is 0 Å². The van der Waals surface area contributed by atoms with Crippen molar-refractivity contribution in [2.75, 3.05) is 6.61 Å². The van der Waals surface area contributed by atoms with Gasteiger partial charge < -0.3 is 4.74 Å². The molecule has 0 amide bonds. The average Bonchev–Trinajstić information content (AvgIpc) is 2.85. The van der Waals surface area contributed by atoms with E-state index in [9.17, 15) is 0 Å². The first-order chi connectivity index (χ1) is 10.2. The number of H-pyrrole nitrogens is 1. The molecule has 0 saturated carbocycles. The third kappa shape index (κ3) is 4.26. The third-order valence-electron chi connectivity index (χ3n) is 2.87. The van der Waals surface area contributed by atoms with E-state index in [1.165, 1.54) is 0 Å². The minimum atomic E-state index is 0.512. The van der Waals surface area contributed by atoms with Gasteiger partial charge in [0.15, 0.2) is 5.82 Å². The summed E-state index contributed by atoms with van der Waals surface area (Å²) in [4.78, 5) is 0. The molecule has 0 radical (unpaired) electrons. The minimum absolute atomic E-state index is 0.512. The van der Waals surface area contributed by atoms with Gasteiger partial charge in [-0.1, -0.05) is 13.8 Å². The van der Waals surface area contributed by atoms with E-state index in [2.05, 4.69) is 29.1 Å². The number of ether oxygens (including phenoxy) is 1. The summed E-state index contributed by atoms with van der Waals surface area (Å²) in [6, 6.07) is 7.83. The molecule has 6 heteroatoms. The van der Waals surface area contributed by atoms with Crippen LogP contribution in [0.3, 0.4) is 0 Å². The Balaban J connectivity index is 2.10. The SMILES string of the molecule is CCCOc1ccc(/C=N\n2c(CCC)n[nH]c2=S)cc1. The summed E-state index contributed by atoms with van der Waals surface area (Å²) in [5.41, 5.74) is 0.990. The summed E-state index contributed by atoms with van der Waals surface area (Å²) in [7, 11) is 0. The Bertz CT molecular complexity index is 642. The molecule has 0 aliphatic heterocycles. The van der Waals surface area contributed by atoms with Gasteiger partial charge in [0.25, 0.3) is 0 Å². The van der Waals surface area contributed by atoms with Crippen molar-refractivity contribution in [1.82, 2.24) is 14.9 Å². The number of hydrogen-bond acceptors (Lipinski definition) is 4. The molecular weight excluding hydrogens is 284 g/mol. The Hall–Kier alpha value is -1.95. The predicted molar refractivity (Wildman–Crippen MR) is 86.6 cm³/mol. The fourth-order valence-corrected chi connectivity index (χ4v) is 2.02. The monoisotopic (exact) mass is 304 g/mol. The van der Waals surface area contributed by atoms with Crippen LogP contribution in [-0.4, -0.2) is 27.7 Å². The molecule has 1 aromatic carbocycles. The lowest BCUT2D eigenvalue weighted by atomic mass is 10.2. The van der Waals surface area contributed by atoms with Crippen LogP contribution < -0.4 is 4.74 Å². The van der Waals surface area contributed by atoms with E-state index in [4.69, 9.17) is 17.0 Å². The first-order valence-electron chi connectivity index (χ1n) is 7.18. The lowest BCUT2D eigenvalue weighted by Gasteiger charge is -2.04. The summed E-state index contributed by atoms with van der Waals surface area (Å²) in [6.07, 6.45) is 4.61. The molecule has 1 heterocycles. The maximum absolute atomic E-state index is 5.55. The molecule has 5 nitrogen and oxygen atoms in total. The van der Waals surface area contributed by atoms with E-state index >= 15 is 0 Å². The number of rotatable bonds is 7. The number of hydrogen-bond donors (Lipinski definition) is 1. The van der Waals surface area contributed by atoms with Gasteiger partial charge in [-0.2, -0.15) is 14.9 Å². The number of aromatic nitrogens is 3. The maximum atomic E-state index is 5.55. The molecule has 0 bridgehead atoms. The topological polar surface area (TPSA) is 55.2 Å². The molecule has 0 aliphatic rings. The maximum Gasteiger partial charge on any atom is 0.216 e. The molecule has 112 valence electrons. The van der Waals surface area contributed by atoms with Gasteiger partial charge >= 0.3 is 0 Å². The molecule has 21 heavy (non-hydrogen) atoms. The smallest absolute Gasteiger partial charge is 0.216 e. The molecule has 0 aliphatic carbocycles. The highest BCUT2D eigenvalue weighted by Gasteiger charge is 2.02. The third-order valence-corrected chi connectivity index (χ3v) is 3.13. The number of aromatic amines is 1. The van der Waals surface area contributed by atoms with Crippen molar-refractivity contribution >= 4 is 18.4 Å². The Morgan fingerprint density at radius 3 is 2.71 bits per heavy atom. The van der Waals surface area contributed by atoms with Crippen molar-refractivity contribution in [1.29, 1.82) is 0 Å². The Kier molecular flexibility index (Phi) is 5.68. The zero-order chi connectivity index (χ0) is 15.1. The van der Waals surface area contributed by atoms with E-state index in [1.54, 1.807) is 10.9 Å². The van der Waals surface area contributed by atoms with Gasteiger partial charge in [0, 0.05) is 6.42 Å². The lowest BCUT2D eigenvalue weighted by molar-refractivity contribution is 0.317. The highest BCUT2D eigenvalue weighted by molar-refractivity contribution is 7.71. The number of nitrogens with one attached hydrogen (secondary N) is 1. The van der Waals surface area contributed by atoms with Crippen molar-refractivity contribution in [2.24, 2.45) is 5.10 Å². The van der Waals surface area contributed by atoms with Gasteiger partial charge in [-0.15, -0.1) is 0 Å². The Morgan fingerprint density at radius 1 is 1.29 bits per heavy atom. The van der Waals surface area contributed by atoms with Crippen molar-refractivity contribution < 1.29 is 4.74 Å². The summed E-state index contributed by atoms with van der Waals surface area (Å²) in [5, 5.41) is 11.3. The van der Waals surface area contributed by atoms with E-state index in [-0.39, 0.29) is 0 Å². The van der Waals surface area contributed by atoms with E-state index in [1.807, 2.05) is 24.3 Å². The minimum Gasteiger partial charge on any atom is -0.494 e. The average molecular weight is 304 g/mol. The van der Waals surface area contributed by atoms with Gasteiger partial charge in [0.2, 0.25) is 4.77 Å². The molecule has 1 N–H and O–H groups in total. The van der Waals surface area contributed by atoms with Crippen molar-refractivity contribution in [2.45, 2.75) is 33.1 Å². The lowest BCUT2D eigenvalue weighted by Crippen LogP contribution is -1.99. The first-order valence-corrected chi connectivity index (χ1v) is 7.59. The number of nitrogens with zero attached hydrogens (tertiary/aromatic N) is 3. The highest BCUT2D eigenvalue weighted by Crippen LogP contribution is 2.11. The molecule has 1 aromatic heterocycles. The molecule has 0 atom stereocenters. The fraction of sp³-hybridized carbons (Fsp3) is 0.400. The van der Waals surface area contributed by atoms with Crippen LogP contribution in [0, 0.1) is 4.77 Å². The van der Waals surface area contributed by atoms with Crippen LogP contribution in [0.15, 0.2) is 29.4 Å². The summed E-state index contributed by atoms with van der Waals surface area (Å²) in [5.74, 6) is 1.72. The summed E-state index contributed by atoms with van der Waals surface area (Å²) >= 11 is 5.18. The number of aryl methyl sites for hydroxylation is 1. The van der Waals surface area contributed by atoms with Crippen LogP contribution in [0.25, 0.3) is 0 Å². The largest absolute Gasteiger partial charge is 0.494 e. The normalized spacial score (nSPS) is 11.1. The van der Waals surface area contributed by atoms with Crippen molar-refractivity contribution in [3.05, 3.63) is 40.4 Å². The van der Waals surface area contributed by atoms with Crippen LogP contribution in [0.2, 0.25) is 0 Å². The molecular formula is C15H20N4OS. The summed E-state index contributed by atoms with van der Waals surface area (Å²) < 4.78 is 7.73. The van der Waals surface area contributed by atoms with Gasteiger partial charge in [-0.3, -0.25) is 5.10 Å². The Labute approximate surface area is 129 Å². The van der Waals surface area contributed by atoms with E-state index in [0.29, 0.717) is 4.77 Å². The van der Waals surface area contributed by atoms with Gasteiger partial charge in [-0.05, 0) is 54.9 Å². The van der Waals surface area contributed by atoms with Gasteiger partial charge in [0.1, 0.15) is 5.75 Å². The number of benzene rings is 1. The summed E-state index contributed by atoms with van der Waals surface area (Å²) in [6.45, 7) is 4.92. The second-order valence-corrected chi connectivity index (χ2v) is 5.06. The zero-order valence-corrected chi connectivity index (χ0v) is 13.2. The van der Waals surface area contributed by atoms with Crippen molar-refractivity contribution in [3.8, 4) is 5.75 Å². The quantitative estimate of drug-likeness (QED) is 0.628. The standard InChI is InChI=1S/C15H20N4OS/c1-3-5-14-17-18-15(21)19(14)16-11-12-6-8-13(9-7-12)20-10-4-2/h6-9,11H,3-5,10H2,1-2H3,(H,18,21)/b16-11-. The van der Waals surface area contributed by atoms with Crippen LogP contribution >= 0.6 is 12.2 Å².